The van der Waals surface area contributed by atoms with Crippen LogP contribution in [0.1, 0.15) is 16.7 Å². The zero-order valence-electron chi connectivity index (χ0n) is 7.67. The molecule has 0 saturated carbocycles. The molecule has 2 aromatic rings. The van der Waals surface area contributed by atoms with Crippen LogP contribution in [0.5, 0.6) is 0 Å². The monoisotopic (exact) mass is 221 g/mol. The molecule has 1 nitrogen and oxygen atoms in total. The summed E-state index contributed by atoms with van der Waals surface area (Å²) < 4.78 is 1.21. The number of rotatable bonds is 1. The van der Waals surface area contributed by atoms with Crippen LogP contribution < -0.4 is 0 Å². The molecule has 0 radical (unpaired) electrons. The summed E-state index contributed by atoms with van der Waals surface area (Å²) in [7, 11) is 0. The zero-order valence-corrected chi connectivity index (χ0v) is 9.25. The molecule has 0 bridgehead atoms. The quantitative estimate of drug-likeness (QED) is 0.672. The van der Waals surface area contributed by atoms with E-state index in [1.54, 1.807) is 11.3 Å². The molecule has 0 atom stereocenters. The smallest absolute Gasteiger partial charge is 0.0994 e. The summed E-state index contributed by atoms with van der Waals surface area (Å²) in [5, 5.41) is 12.1. The molecule has 0 aliphatic carbocycles. The van der Waals surface area contributed by atoms with Gasteiger partial charge in [0.05, 0.1) is 11.6 Å². The number of halogens is 1. The molecule has 14 heavy (non-hydrogen) atoms. The van der Waals surface area contributed by atoms with Crippen LogP contribution in [0, 0.1) is 18.3 Å². The third-order valence-electron chi connectivity index (χ3n) is 2.38. The maximum atomic E-state index is 8.95. The second-order valence-corrected chi connectivity index (χ2v) is 4.30. The predicted octanol–water partition coefficient (Wildman–Crippen LogP) is 3.82. The van der Waals surface area contributed by atoms with Gasteiger partial charge in [0.25, 0.3) is 0 Å². The Morgan fingerprint density at radius 3 is 3.00 bits per heavy atom. The van der Waals surface area contributed by atoms with E-state index in [4.69, 9.17) is 16.9 Å². The van der Waals surface area contributed by atoms with Crippen LogP contribution in [0.2, 0.25) is 0 Å². The second kappa shape index (κ2) is 3.61. The first kappa shape index (κ1) is 9.51. The van der Waals surface area contributed by atoms with Gasteiger partial charge in [-0.25, -0.2) is 0 Å². The van der Waals surface area contributed by atoms with Crippen LogP contribution in [-0.2, 0) is 5.88 Å². The van der Waals surface area contributed by atoms with Crippen molar-refractivity contribution in [2.75, 3.05) is 0 Å². The molecule has 0 unspecified atom stereocenters. The number of nitriles is 1. The van der Waals surface area contributed by atoms with Crippen LogP contribution in [0.25, 0.3) is 10.1 Å². The van der Waals surface area contributed by atoms with Crippen LogP contribution >= 0.6 is 22.9 Å². The molecule has 1 aromatic carbocycles. The molecule has 0 spiro atoms. The molecular weight excluding hydrogens is 214 g/mol. The third-order valence-corrected chi connectivity index (χ3v) is 3.64. The Morgan fingerprint density at radius 1 is 1.57 bits per heavy atom. The molecule has 0 saturated heterocycles. The summed E-state index contributed by atoms with van der Waals surface area (Å²) in [6, 6.07) is 6.15. The average molecular weight is 222 g/mol. The van der Waals surface area contributed by atoms with Crippen molar-refractivity contribution in [1.82, 2.24) is 0 Å². The van der Waals surface area contributed by atoms with Gasteiger partial charge in [-0.1, -0.05) is 0 Å². The Labute approximate surface area is 91.5 Å². The van der Waals surface area contributed by atoms with Gasteiger partial charge >= 0.3 is 0 Å². The average Bonchev–Trinajstić information content (AvgIpc) is 2.64. The van der Waals surface area contributed by atoms with Crippen molar-refractivity contribution in [2.45, 2.75) is 12.8 Å². The molecule has 0 amide bonds. The van der Waals surface area contributed by atoms with Crippen molar-refractivity contribution in [3.63, 3.8) is 0 Å². The van der Waals surface area contributed by atoms with Crippen molar-refractivity contribution in [2.24, 2.45) is 0 Å². The SMILES string of the molecule is Cc1c(C#N)cc2ccsc2c1CCl. The van der Waals surface area contributed by atoms with E-state index in [2.05, 4.69) is 6.07 Å². The van der Waals surface area contributed by atoms with Crippen molar-refractivity contribution in [1.29, 1.82) is 5.26 Å². The Morgan fingerprint density at radius 2 is 2.36 bits per heavy atom. The van der Waals surface area contributed by atoms with E-state index in [9.17, 15) is 0 Å². The highest BCUT2D eigenvalue weighted by Crippen LogP contribution is 2.30. The van der Waals surface area contributed by atoms with E-state index in [1.807, 2.05) is 24.4 Å². The van der Waals surface area contributed by atoms with E-state index in [0.29, 0.717) is 5.88 Å². The van der Waals surface area contributed by atoms with Crippen molar-refractivity contribution in [3.8, 4) is 6.07 Å². The predicted molar refractivity (Wildman–Crippen MR) is 60.8 cm³/mol. The summed E-state index contributed by atoms with van der Waals surface area (Å²) >= 11 is 7.57. The first-order valence-corrected chi connectivity index (χ1v) is 5.65. The van der Waals surface area contributed by atoms with Gasteiger partial charge in [-0.05, 0) is 40.9 Å². The molecule has 0 aliphatic heterocycles. The highest BCUT2D eigenvalue weighted by Gasteiger charge is 2.09. The minimum Gasteiger partial charge on any atom is -0.192 e. The van der Waals surface area contributed by atoms with Crippen LogP contribution in [0.4, 0.5) is 0 Å². The fourth-order valence-electron chi connectivity index (χ4n) is 1.55. The van der Waals surface area contributed by atoms with Gasteiger partial charge in [0, 0.05) is 10.6 Å². The lowest BCUT2D eigenvalue weighted by Crippen LogP contribution is -1.90. The second-order valence-electron chi connectivity index (χ2n) is 3.11. The van der Waals surface area contributed by atoms with Gasteiger partial charge in [0.15, 0.2) is 0 Å². The Balaban J connectivity index is 2.89. The normalized spacial score (nSPS) is 10.4. The fraction of sp³-hybridized carbons (Fsp3) is 0.182. The minimum absolute atomic E-state index is 0.471. The van der Waals surface area contributed by atoms with E-state index in [0.717, 1.165) is 22.1 Å². The summed E-state index contributed by atoms with van der Waals surface area (Å²) in [6.45, 7) is 1.95. The highest BCUT2D eigenvalue weighted by atomic mass is 35.5. The largest absolute Gasteiger partial charge is 0.192 e. The van der Waals surface area contributed by atoms with E-state index in [-0.39, 0.29) is 0 Å². The first-order chi connectivity index (χ1) is 6.77. The van der Waals surface area contributed by atoms with E-state index < -0.39 is 0 Å². The number of benzene rings is 1. The van der Waals surface area contributed by atoms with Gasteiger partial charge in [0.1, 0.15) is 0 Å². The van der Waals surface area contributed by atoms with Gasteiger partial charge in [0.2, 0.25) is 0 Å². The molecular formula is C11H8ClNS. The molecule has 3 heteroatoms. The van der Waals surface area contributed by atoms with Gasteiger partial charge in [-0.15, -0.1) is 22.9 Å². The molecule has 70 valence electrons. The fourth-order valence-corrected chi connectivity index (χ4v) is 2.95. The number of alkyl halides is 1. The molecule has 0 aliphatic rings. The summed E-state index contributed by atoms with van der Waals surface area (Å²) in [6.07, 6.45) is 0. The number of hydrogen-bond donors (Lipinski definition) is 0. The topological polar surface area (TPSA) is 23.8 Å². The number of thiophene rings is 1. The standard InChI is InChI=1S/C11H8ClNS/c1-7-9(6-13)4-8-2-3-14-11(8)10(7)5-12/h2-4H,5H2,1H3. The zero-order chi connectivity index (χ0) is 10.1. The molecule has 0 fully saturated rings. The van der Waals surface area contributed by atoms with Gasteiger partial charge in [-0.3, -0.25) is 0 Å². The third kappa shape index (κ3) is 1.30. The summed E-state index contributed by atoms with van der Waals surface area (Å²) in [5.41, 5.74) is 2.83. The van der Waals surface area contributed by atoms with Crippen LogP contribution in [0.15, 0.2) is 17.5 Å². The molecule has 2 rings (SSSR count). The van der Waals surface area contributed by atoms with E-state index in [1.165, 1.54) is 4.70 Å². The lowest BCUT2D eigenvalue weighted by Gasteiger charge is -2.05. The minimum atomic E-state index is 0.471. The van der Waals surface area contributed by atoms with Crippen molar-refractivity contribution >= 4 is 33.0 Å². The lowest BCUT2D eigenvalue weighted by molar-refractivity contribution is 1.32. The molecule has 1 aromatic heterocycles. The first-order valence-electron chi connectivity index (χ1n) is 4.23. The summed E-state index contributed by atoms with van der Waals surface area (Å²) in [5.74, 6) is 0.471. The maximum Gasteiger partial charge on any atom is 0.0994 e. The van der Waals surface area contributed by atoms with Crippen LogP contribution in [0.3, 0.4) is 0 Å². The van der Waals surface area contributed by atoms with Crippen molar-refractivity contribution in [3.05, 3.63) is 34.2 Å². The Bertz CT molecular complexity index is 522. The molecule has 0 N–H and O–H groups in total. The Kier molecular flexibility index (Phi) is 2.45. The maximum absolute atomic E-state index is 8.95. The lowest BCUT2D eigenvalue weighted by atomic mass is 10.0. The number of fused-ring (bicyclic) bond motifs is 1. The number of hydrogen-bond acceptors (Lipinski definition) is 2. The Hall–Kier alpha value is -1.04. The van der Waals surface area contributed by atoms with Gasteiger partial charge < -0.3 is 0 Å². The summed E-state index contributed by atoms with van der Waals surface area (Å²) in [4.78, 5) is 0. The molecule has 1 heterocycles. The van der Waals surface area contributed by atoms with Gasteiger partial charge in [-0.2, -0.15) is 5.26 Å². The van der Waals surface area contributed by atoms with E-state index >= 15 is 0 Å². The number of nitrogens with zero attached hydrogens (tertiary/aromatic N) is 1. The van der Waals surface area contributed by atoms with Crippen LogP contribution in [-0.4, -0.2) is 0 Å². The van der Waals surface area contributed by atoms with Crippen molar-refractivity contribution < 1.29 is 0 Å². The highest BCUT2D eigenvalue weighted by molar-refractivity contribution is 7.17.